The van der Waals surface area contributed by atoms with E-state index in [0.717, 1.165) is 0 Å². The van der Waals surface area contributed by atoms with Gasteiger partial charge in [0.25, 0.3) is 5.78 Å². The molecule has 0 bridgehead atoms. The minimum atomic E-state index is -0.899. The number of pyridine rings is 1. The molecule has 0 aromatic carbocycles. The number of carbonyl (C=O) groups is 2. The maximum absolute atomic E-state index is 11.5. The fourth-order valence-electron chi connectivity index (χ4n) is 1.24. The molecular formula is C11H13NO4. The van der Waals surface area contributed by atoms with E-state index in [1.54, 1.807) is 26.0 Å². The monoisotopic (exact) mass is 223 g/mol. The summed E-state index contributed by atoms with van der Waals surface area (Å²) in [4.78, 5) is 22.4. The molecule has 1 aromatic rings. The van der Waals surface area contributed by atoms with Gasteiger partial charge in [-0.25, -0.2) is 4.79 Å². The fraction of sp³-hybridized carbons (Fsp3) is 0.364. The minimum absolute atomic E-state index is 0.149. The quantitative estimate of drug-likeness (QED) is 0.318. The molecule has 1 aromatic heterocycles. The van der Waals surface area contributed by atoms with Crippen molar-refractivity contribution >= 4 is 11.8 Å². The van der Waals surface area contributed by atoms with E-state index in [1.807, 2.05) is 0 Å². The standard InChI is InChI=1S/C11H13NO4/c1-3-16-11(14)10(13)7-9-6-4-5-8(2)12(9)15/h4-6H,3,7H2,1-2H3. The molecule has 0 aliphatic rings. The summed E-state index contributed by atoms with van der Waals surface area (Å²) in [5.74, 6) is -1.61. The smallest absolute Gasteiger partial charge is 0.375 e. The van der Waals surface area contributed by atoms with Crippen LogP contribution in [0.15, 0.2) is 18.2 Å². The third-order valence-electron chi connectivity index (χ3n) is 2.05. The summed E-state index contributed by atoms with van der Waals surface area (Å²) in [6.45, 7) is 3.40. The van der Waals surface area contributed by atoms with Crippen LogP contribution in [0.25, 0.3) is 0 Å². The number of hydrogen-bond acceptors (Lipinski definition) is 4. The minimum Gasteiger partial charge on any atom is -0.618 e. The van der Waals surface area contributed by atoms with E-state index < -0.39 is 11.8 Å². The lowest BCUT2D eigenvalue weighted by Gasteiger charge is -2.05. The Bertz CT molecular complexity index is 414. The normalized spacial score (nSPS) is 9.88. The average molecular weight is 223 g/mol. The van der Waals surface area contributed by atoms with Crippen LogP contribution < -0.4 is 4.73 Å². The average Bonchev–Trinajstić information content (AvgIpc) is 2.25. The summed E-state index contributed by atoms with van der Waals surface area (Å²) in [5.41, 5.74) is 0.729. The van der Waals surface area contributed by atoms with Crippen LogP contribution in [0.5, 0.6) is 0 Å². The number of ketones is 1. The second-order valence-corrected chi connectivity index (χ2v) is 3.27. The Morgan fingerprint density at radius 3 is 2.75 bits per heavy atom. The molecule has 0 unspecified atom stereocenters. The molecule has 0 saturated carbocycles. The Morgan fingerprint density at radius 2 is 2.12 bits per heavy atom. The second-order valence-electron chi connectivity index (χ2n) is 3.27. The van der Waals surface area contributed by atoms with E-state index in [1.165, 1.54) is 6.07 Å². The van der Waals surface area contributed by atoms with E-state index >= 15 is 0 Å². The van der Waals surface area contributed by atoms with Crippen LogP contribution in [-0.4, -0.2) is 18.4 Å². The van der Waals surface area contributed by atoms with Crippen molar-refractivity contribution in [2.75, 3.05) is 6.61 Å². The number of esters is 1. The number of Topliss-reactive ketones (excluding diaryl/α,β-unsaturated/α-hetero) is 1. The van der Waals surface area contributed by atoms with Gasteiger partial charge in [0.15, 0.2) is 5.69 Å². The second kappa shape index (κ2) is 5.25. The highest BCUT2D eigenvalue weighted by atomic mass is 16.5. The molecule has 1 rings (SSSR count). The van der Waals surface area contributed by atoms with Gasteiger partial charge in [0.1, 0.15) is 6.42 Å². The molecule has 0 aliphatic heterocycles. The SMILES string of the molecule is CCOC(=O)C(=O)Cc1cccc(C)[n+]1[O-]. The maximum atomic E-state index is 11.5. The zero-order chi connectivity index (χ0) is 12.1. The molecular weight excluding hydrogens is 210 g/mol. The molecule has 86 valence electrons. The van der Waals surface area contributed by atoms with Crippen molar-refractivity contribution in [1.82, 2.24) is 0 Å². The van der Waals surface area contributed by atoms with E-state index in [9.17, 15) is 14.8 Å². The van der Waals surface area contributed by atoms with Gasteiger partial charge in [0, 0.05) is 19.1 Å². The van der Waals surface area contributed by atoms with E-state index in [0.29, 0.717) is 10.4 Å². The molecule has 0 saturated heterocycles. The number of aromatic nitrogens is 1. The first-order valence-electron chi connectivity index (χ1n) is 4.94. The largest absolute Gasteiger partial charge is 0.618 e. The van der Waals surface area contributed by atoms with Gasteiger partial charge in [-0.1, -0.05) is 0 Å². The third-order valence-corrected chi connectivity index (χ3v) is 2.05. The molecule has 5 nitrogen and oxygen atoms in total. The first-order valence-corrected chi connectivity index (χ1v) is 4.94. The highest BCUT2D eigenvalue weighted by Crippen LogP contribution is 1.98. The topological polar surface area (TPSA) is 70.3 Å². The van der Waals surface area contributed by atoms with Crippen LogP contribution in [0.3, 0.4) is 0 Å². The summed E-state index contributed by atoms with van der Waals surface area (Å²) in [6, 6.07) is 4.81. The van der Waals surface area contributed by atoms with Gasteiger partial charge in [-0.05, 0) is 13.0 Å². The molecule has 0 aliphatic carbocycles. The van der Waals surface area contributed by atoms with Gasteiger partial charge in [0.05, 0.1) is 6.61 Å². The van der Waals surface area contributed by atoms with Crippen molar-refractivity contribution in [3.63, 3.8) is 0 Å². The Labute approximate surface area is 93.2 Å². The fourth-order valence-corrected chi connectivity index (χ4v) is 1.24. The van der Waals surface area contributed by atoms with Crippen LogP contribution in [0.1, 0.15) is 18.3 Å². The van der Waals surface area contributed by atoms with Crippen molar-refractivity contribution in [3.8, 4) is 0 Å². The first-order chi connectivity index (χ1) is 7.56. The summed E-state index contributed by atoms with van der Waals surface area (Å²) in [7, 11) is 0. The van der Waals surface area contributed by atoms with Gasteiger partial charge >= 0.3 is 5.97 Å². The molecule has 5 heteroatoms. The molecule has 0 N–H and O–H groups in total. The third kappa shape index (κ3) is 2.79. The highest BCUT2D eigenvalue weighted by molar-refractivity contribution is 6.33. The van der Waals surface area contributed by atoms with E-state index in [-0.39, 0.29) is 18.7 Å². The molecule has 0 fully saturated rings. The number of ether oxygens (including phenoxy) is 1. The van der Waals surface area contributed by atoms with Crippen LogP contribution >= 0.6 is 0 Å². The Kier molecular flexibility index (Phi) is 3.99. The zero-order valence-corrected chi connectivity index (χ0v) is 9.23. The number of rotatable bonds is 4. The number of hydrogen-bond donors (Lipinski definition) is 0. The zero-order valence-electron chi connectivity index (χ0n) is 9.23. The van der Waals surface area contributed by atoms with Gasteiger partial charge < -0.3 is 9.94 Å². The molecule has 0 atom stereocenters. The summed E-state index contributed by atoms with van der Waals surface area (Å²) in [6.07, 6.45) is -0.232. The van der Waals surface area contributed by atoms with Crippen LogP contribution in [0.2, 0.25) is 0 Å². The van der Waals surface area contributed by atoms with Crippen molar-refractivity contribution in [1.29, 1.82) is 0 Å². The lowest BCUT2D eigenvalue weighted by molar-refractivity contribution is -0.620. The number of nitrogens with zero attached hydrogens (tertiary/aromatic N) is 1. The predicted octanol–water partition coefficient (Wildman–Crippen LogP) is 0.303. The van der Waals surface area contributed by atoms with Crippen molar-refractivity contribution in [2.24, 2.45) is 0 Å². The molecule has 0 amide bonds. The van der Waals surface area contributed by atoms with Crippen molar-refractivity contribution < 1.29 is 19.1 Å². The van der Waals surface area contributed by atoms with Gasteiger partial charge in [-0.15, -0.1) is 0 Å². The molecule has 1 heterocycles. The Balaban J connectivity index is 2.77. The summed E-state index contributed by atoms with van der Waals surface area (Å²) in [5, 5.41) is 11.5. The highest BCUT2D eigenvalue weighted by Gasteiger charge is 2.20. The molecule has 0 spiro atoms. The van der Waals surface area contributed by atoms with Crippen molar-refractivity contribution in [3.05, 3.63) is 34.8 Å². The van der Waals surface area contributed by atoms with Crippen molar-refractivity contribution in [2.45, 2.75) is 20.3 Å². The molecule has 0 radical (unpaired) electrons. The lowest BCUT2D eigenvalue weighted by atomic mass is 10.2. The Hall–Kier alpha value is -1.91. The first kappa shape index (κ1) is 12.2. The van der Waals surface area contributed by atoms with Crippen LogP contribution in [0, 0.1) is 12.1 Å². The van der Waals surface area contributed by atoms with Gasteiger partial charge in [-0.2, -0.15) is 4.73 Å². The maximum Gasteiger partial charge on any atom is 0.375 e. The lowest BCUT2D eigenvalue weighted by Crippen LogP contribution is -2.37. The van der Waals surface area contributed by atoms with Crippen LogP contribution in [0.4, 0.5) is 0 Å². The summed E-state index contributed by atoms with van der Waals surface area (Å²) < 4.78 is 5.18. The van der Waals surface area contributed by atoms with Gasteiger partial charge in [-0.3, -0.25) is 4.79 Å². The number of carbonyl (C=O) groups excluding carboxylic acids is 2. The van der Waals surface area contributed by atoms with E-state index in [4.69, 9.17) is 0 Å². The van der Waals surface area contributed by atoms with Crippen LogP contribution in [-0.2, 0) is 20.7 Å². The van der Waals surface area contributed by atoms with E-state index in [2.05, 4.69) is 4.74 Å². The summed E-state index contributed by atoms with van der Waals surface area (Å²) >= 11 is 0. The number of aryl methyl sites for hydroxylation is 1. The predicted molar refractivity (Wildman–Crippen MR) is 55.5 cm³/mol. The Morgan fingerprint density at radius 1 is 1.44 bits per heavy atom. The van der Waals surface area contributed by atoms with Gasteiger partial charge in [0.2, 0.25) is 5.69 Å². The molecule has 16 heavy (non-hydrogen) atoms.